The van der Waals surface area contributed by atoms with Gasteiger partial charge >= 0.3 is 5.63 Å². The van der Waals surface area contributed by atoms with E-state index in [1.807, 2.05) is 27.7 Å². The second kappa shape index (κ2) is 4.25. The zero-order chi connectivity index (χ0) is 11.7. The normalized spacial score (nSPS) is 12.1. The largest absolute Gasteiger partial charge is 0.361 e. The Bertz CT molecular complexity index is 383. The highest BCUT2D eigenvalue weighted by Crippen LogP contribution is 2.26. The molecule has 3 nitrogen and oxygen atoms in total. The van der Waals surface area contributed by atoms with Crippen molar-refractivity contribution >= 4 is 0 Å². The minimum Gasteiger partial charge on any atom is -0.336 e. The van der Waals surface area contributed by atoms with Crippen molar-refractivity contribution < 1.29 is 4.52 Å². The summed E-state index contributed by atoms with van der Waals surface area (Å²) in [4.78, 5) is 11.7. The van der Waals surface area contributed by atoms with Crippen molar-refractivity contribution in [2.45, 2.75) is 59.4 Å². The van der Waals surface area contributed by atoms with E-state index in [1.54, 1.807) is 4.74 Å². The topological polar surface area (TPSA) is 35.1 Å². The third kappa shape index (κ3) is 2.16. The van der Waals surface area contributed by atoms with E-state index in [2.05, 4.69) is 13.8 Å². The Kier molecular flexibility index (Phi) is 3.42. The molecule has 0 bridgehead atoms. The van der Waals surface area contributed by atoms with Crippen LogP contribution in [-0.2, 0) is 0 Å². The van der Waals surface area contributed by atoms with Gasteiger partial charge in [-0.15, -0.1) is 0 Å². The van der Waals surface area contributed by atoms with Crippen LogP contribution in [0.15, 0.2) is 9.32 Å². The molecule has 1 aromatic heterocycles. The van der Waals surface area contributed by atoms with Crippen LogP contribution in [0.25, 0.3) is 0 Å². The number of rotatable bonds is 3. The molecule has 1 heterocycles. The summed E-state index contributed by atoms with van der Waals surface area (Å²) in [5.41, 5.74) is 1.70. The lowest BCUT2D eigenvalue weighted by molar-refractivity contribution is 0.213. The molecule has 0 aliphatic carbocycles. The molecule has 0 N–H and O–H groups in total. The second-order valence-electron chi connectivity index (χ2n) is 4.91. The highest BCUT2D eigenvalue weighted by atomic mass is 16.5. The monoisotopic (exact) mass is 211 g/mol. The van der Waals surface area contributed by atoms with Gasteiger partial charge in [-0.1, -0.05) is 27.7 Å². The first-order valence-corrected chi connectivity index (χ1v) is 5.61. The van der Waals surface area contributed by atoms with Gasteiger partial charge in [0.2, 0.25) is 0 Å². The average Bonchev–Trinajstić information content (AvgIpc) is 2.42. The van der Waals surface area contributed by atoms with Gasteiger partial charge in [-0.05, 0) is 25.7 Å². The van der Waals surface area contributed by atoms with Gasteiger partial charge in [0.15, 0.2) is 0 Å². The molecule has 0 saturated heterocycles. The van der Waals surface area contributed by atoms with Crippen molar-refractivity contribution in [3.8, 4) is 0 Å². The summed E-state index contributed by atoms with van der Waals surface area (Å²) < 4.78 is 7.04. The highest BCUT2D eigenvalue weighted by Gasteiger charge is 2.23. The molecule has 0 atom stereocenters. The molecular formula is C12H21NO2. The van der Waals surface area contributed by atoms with Crippen LogP contribution in [0, 0.1) is 0 Å². The molecule has 0 aromatic carbocycles. The Morgan fingerprint density at radius 2 is 1.53 bits per heavy atom. The van der Waals surface area contributed by atoms with E-state index in [1.165, 1.54) is 0 Å². The zero-order valence-corrected chi connectivity index (χ0v) is 10.5. The van der Waals surface area contributed by atoms with E-state index in [0.29, 0.717) is 5.92 Å². The van der Waals surface area contributed by atoms with Crippen LogP contribution in [0.2, 0.25) is 0 Å². The van der Waals surface area contributed by atoms with Crippen molar-refractivity contribution in [3.05, 3.63) is 21.7 Å². The van der Waals surface area contributed by atoms with Gasteiger partial charge in [0, 0.05) is 0 Å². The Morgan fingerprint density at radius 1 is 1.00 bits per heavy atom. The first-order valence-electron chi connectivity index (χ1n) is 5.61. The fourth-order valence-corrected chi connectivity index (χ4v) is 1.89. The van der Waals surface area contributed by atoms with Crippen LogP contribution in [0.1, 0.15) is 70.7 Å². The van der Waals surface area contributed by atoms with Crippen LogP contribution in [0.3, 0.4) is 0 Å². The standard InChI is InChI=1S/C12H21NO2/c1-7(2)10-11(8(3)4)13(9(5)6)15-12(10)14/h7-9H,1-6H3. The summed E-state index contributed by atoms with van der Waals surface area (Å²) in [5, 5.41) is 0. The van der Waals surface area contributed by atoms with Gasteiger partial charge < -0.3 is 4.52 Å². The van der Waals surface area contributed by atoms with Gasteiger partial charge in [-0.3, -0.25) is 0 Å². The minimum absolute atomic E-state index is 0.178. The van der Waals surface area contributed by atoms with E-state index in [0.717, 1.165) is 11.3 Å². The predicted octanol–water partition coefficient (Wildman–Crippen LogP) is 3.27. The maximum absolute atomic E-state index is 11.7. The molecule has 0 saturated carbocycles. The zero-order valence-electron chi connectivity index (χ0n) is 10.5. The summed E-state index contributed by atoms with van der Waals surface area (Å²) in [6.45, 7) is 12.3. The molecule has 1 rings (SSSR count). The van der Waals surface area contributed by atoms with Gasteiger partial charge in [0.25, 0.3) is 0 Å². The third-order valence-corrected chi connectivity index (χ3v) is 2.51. The summed E-state index contributed by atoms with van der Waals surface area (Å²) in [6.07, 6.45) is 0. The lowest BCUT2D eigenvalue weighted by atomic mass is 9.97. The molecule has 0 aliphatic heterocycles. The molecule has 0 amide bonds. The lowest BCUT2D eigenvalue weighted by Gasteiger charge is -2.14. The van der Waals surface area contributed by atoms with E-state index < -0.39 is 0 Å². The van der Waals surface area contributed by atoms with E-state index in [-0.39, 0.29) is 17.6 Å². The van der Waals surface area contributed by atoms with Gasteiger partial charge in [0.05, 0.1) is 17.3 Å². The van der Waals surface area contributed by atoms with E-state index in [4.69, 9.17) is 4.52 Å². The Balaban J connectivity index is 3.45. The van der Waals surface area contributed by atoms with E-state index in [9.17, 15) is 4.79 Å². The Labute approximate surface area is 91.1 Å². The number of hydrogen-bond acceptors (Lipinski definition) is 2. The van der Waals surface area contributed by atoms with Gasteiger partial charge in [0.1, 0.15) is 0 Å². The quantitative estimate of drug-likeness (QED) is 0.769. The summed E-state index contributed by atoms with van der Waals surface area (Å²) in [7, 11) is 0. The van der Waals surface area contributed by atoms with Crippen molar-refractivity contribution in [2.75, 3.05) is 0 Å². The van der Waals surface area contributed by atoms with Crippen molar-refractivity contribution in [1.82, 2.24) is 4.74 Å². The third-order valence-electron chi connectivity index (χ3n) is 2.51. The van der Waals surface area contributed by atoms with Crippen molar-refractivity contribution in [3.63, 3.8) is 0 Å². The fraction of sp³-hybridized carbons (Fsp3) is 0.750. The van der Waals surface area contributed by atoms with Crippen LogP contribution < -0.4 is 5.63 Å². The molecule has 3 heteroatoms. The highest BCUT2D eigenvalue weighted by molar-refractivity contribution is 5.23. The fourth-order valence-electron chi connectivity index (χ4n) is 1.89. The number of aromatic nitrogens is 1. The van der Waals surface area contributed by atoms with Crippen LogP contribution in [0.4, 0.5) is 0 Å². The SMILES string of the molecule is CC(C)c1c(C(C)C)n(C(C)C)oc1=O. The molecule has 0 radical (unpaired) electrons. The van der Waals surface area contributed by atoms with Crippen molar-refractivity contribution in [2.24, 2.45) is 0 Å². The summed E-state index contributed by atoms with van der Waals surface area (Å²) in [5.74, 6) is 0.537. The maximum Gasteiger partial charge on any atom is 0.361 e. The predicted molar refractivity (Wildman–Crippen MR) is 61.5 cm³/mol. The van der Waals surface area contributed by atoms with Gasteiger partial charge in [-0.25, -0.2) is 9.53 Å². The molecule has 0 fully saturated rings. The average molecular weight is 211 g/mol. The molecule has 86 valence electrons. The maximum atomic E-state index is 11.7. The second-order valence-corrected chi connectivity index (χ2v) is 4.91. The van der Waals surface area contributed by atoms with Crippen molar-refractivity contribution in [1.29, 1.82) is 0 Å². The molecular weight excluding hydrogens is 190 g/mol. The lowest BCUT2D eigenvalue weighted by Crippen LogP contribution is -2.09. The molecule has 15 heavy (non-hydrogen) atoms. The number of hydrogen-bond donors (Lipinski definition) is 0. The number of nitrogens with zero attached hydrogens (tertiary/aromatic N) is 1. The Hall–Kier alpha value is -0.990. The Morgan fingerprint density at radius 3 is 1.87 bits per heavy atom. The first kappa shape index (κ1) is 12.1. The van der Waals surface area contributed by atoms with E-state index >= 15 is 0 Å². The van der Waals surface area contributed by atoms with Crippen LogP contribution in [0.5, 0.6) is 0 Å². The minimum atomic E-state index is -0.178. The molecule has 1 aromatic rings. The molecule has 0 unspecified atom stereocenters. The first-order chi connectivity index (χ1) is 6.86. The summed E-state index contributed by atoms with van der Waals surface area (Å²) in [6, 6.07) is 0.197. The molecule has 0 spiro atoms. The van der Waals surface area contributed by atoms with Crippen LogP contribution in [-0.4, -0.2) is 4.74 Å². The van der Waals surface area contributed by atoms with Gasteiger partial charge in [-0.2, -0.15) is 0 Å². The summed E-state index contributed by atoms with van der Waals surface area (Å²) >= 11 is 0. The molecule has 0 aliphatic rings. The van der Waals surface area contributed by atoms with Crippen LogP contribution >= 0.6 is 0 Å². The smallest absolute Gasteiger partial charge is 0.336 e.